The van der Waals surface area contributed by atoms with Crippen molar-refractivity contribution in [1.82, 2.24) is 0 Å². The number of aliphatic hydroxyl groups excluding tert-OH is 1. The van der Waals surface area contributed by atoms with E-state index in [1.807, 2.05) is 0 Å². The van der Waals surface area contributed by atoms with Crippen molar-refractivity contribution in [3.05, 3.63) is 0 Å². The van der Waals surface area contributed by atoms with Gasteiger partial charge in [0.2, 0.25) is 0 Å². The van der Waals surface area contributed by atoms with E-state index in [2.05, 4.69) is 55.4 Å². The highest BCUT2D eigenvalue weighted by atomic mass is 31.2. The Morgan fingerprint density at radius 2 is 0.490 bits per heavy atom. The van der Waals surface area contributed by atoms with E-state index in [0.717, 1.165) is 114 Å². The minimum atomic E-state index is -4.96. The van der Waals surface area contributed by atoms with Crippen LogP contribution in [0.4, 0.5) is 0 Å². The lowest BCUT2D eigenvalue weighted by molar-refractivity contribution is -0.161. The molecule has 0 aliphatic carbocycles. The van der Waals surface area contributed by atoms with Crippen LogP contribution in [0.1, 0.15) is 402 Å². The number of hydrogen-bond acceptors (Lipinski definition) is 15. The zero-order valence-corrected chi connectivity index (χ0v) is 66.2. The lowest BCUT2D eigenvalue weighted by atomic mass is 9.99. The van der Waals surface area contributed by atoms with E-state index in [1.165, 1.54) is 199 Å². The summed E-state index contributed by atoms with van der Waals surface area (Å²) in [4.78, 5) is 72.9. The van der Waals surface area contributed by atoms with E-state index in [1.54, 1.807) is 0 Å². The summed E-state index contributed by atoms with van der Waals surface area (Å²) in [5.74, 6) is 0.966. The number of esters is 4. The number of carbonyl (C=O) groups excluding carboxylic acids is 4. The molecule has 4 unspecified atom stereocenters. The molecule has 3 N–H and O–H groups in total. The van der Waals surface area contributed by atoms with Crippen LogP contribution in [-0.2, 0) is 65.4 Å². The topological polar surface area (TPSA) is 237 Å². The third-order valence-corrected chi connectivity index (χ3v) is 20.6. The first kappa shape index (κ1) is 96.1. The van der Waals surface area contributed by atoms with Gasteiger partial charge in [-0.05, 0) is 49.4 Å². The fraction of sp³-hybridized carbons (Fsp3) is 0.949. The maximum Gasteiger partial charge on any atom is 0.472 e. The fourth-order valence-corrected chi connectivity index (χ4v) is 13.6. The van der Waals surface area contributed by atoms with Gasteiger partial charge >= 0.3 is 39.5 Å². The summed E-state index contributed by atoms with van der Waals surface area (Å²) in [6.45, 7) is 14.2. The molecular weight excluding hydrogens is 1280 g/mol. The molecule has 0 bridgehead atoms. The average Bonchev–Trinajstić information content (AvgIpc) is 1.07. The van der Waals surface area contributed by atoms with Gasteiger partial charge in [0, 0.05) is 25.7 Å². The number of hydrogen-bond donors (Lipinski definition) is 3. The minimum Gasteiger partial charge on any atom is -0.462 e. The van der Waals surface area contributed by atoms with Crippen molar-refractivity contribution in [2.24, 2.45) is 23.7 Å². The van der Waals surface area contributed by atoms with Gasteiger partial charge < -0.3 is 33.8 Å². The summed E-state index contributed by atoms with van der Waals surface area (Å²) in [5, 5.41) is 10.6. The molecule has 0 fully saturated rings. The molecule has 0 aromatic carbocycles. The van der Waals surface area contributed by atoms with Crippen molar-refractivity contribution in [2.45, 2.75) is 420 Å². The van der Waals surface area contributed by atoms with Crippen LogP contribution < -0.4 is 0 Å². The largest absolute Gasteiger partial charge is 0.472 e. The van der Waals surface area contributed by atoms with E-state index >= 15 is 0 Å². The SMILES string of the molecule is CCC(C)CCCCCCCCCCCCCCCCCCCCC(=O)O[C@H](COC(=O)CCCCCCCCCCCC(C)C)COP(=O)(O)OCC(O)COP(=O)(O)OC[C@@H](COC(=O)CCCCCCCCCC(C)C)OC(=O)CCCCCCCCCCCCCC(C)C. The monoisotopic (exact) mass is 1440 g/mol. The lowest BCUT2D eigenvalue weighted by Crippen LogP contribution is -2.30. The molecule has 0 aromatic heterocycles. The Hall–Kier alpha value is -1.94. The molecule has 98 heavy (non-hydrogen) atoms. The molecule has 0 spiro atoms. The number of rotatable bonds is 76. The van der Waals surface area contributed by atoms with Crippen LogP contribution in [0.2, 0.25) is 0 Å². The van der Waals surface area contributed by atoms with Crippen molar-refractivity contribution >= 4 is 39.5 Å². The summed E-state index contributed by atoms with van der Waals surface area (Å²) in [6.07, 6.45) is 54.3. The maximum atomic E-state index is 13.1. The molecule has 0 amide bonds. The van der Waals surface area contributed by atoms with Gasteiger partial charge in [0.1, 0.15) is 19.3 Å². The molecule has 0 heterocycles. The van der Waals surface area contributed by atoms with Gasteiger partial charge in [0.05, 0.1) is 26.4 Å². The minimum absolute atomic E-state index is 0.105. The molecule has 19 heteroatoms. The van der Waals surface area contributed by atoms with Crippen LogP contribution in [0.25, 0.3) is 0 Å². The predicted molar refractivity (Wildman–Crippen MR) is 400 cm³/mol. The van der Waals surface area contributed by atoms with Crippen LogP contribution in [0.5, 0.6) is 0 Å². The zero-order valence-electron chi connectivity index (χ0n) is 64.4. The first-order valence-corrected chi connectivity index (χ1v) is 43.7. The number of phosphoric acid groups is 2. The molecular formula is C79H154O17P2. The third kappa shape index (κ3) is 71.1. The Kier molecular flexibility index (Phi) is 66.8. The van der Waals surface area contributed by atoms with Crippen LogP contribution in [-0.4, -0.2) is 96.7 Å². The first-order valence-electron chi connectivity index (χ1n) is 40.7. The molecule has 0 rings (SSSR count). The molecule has 0 aromatic rings. The fourth-order valence-electron chi connectivity index (χ4n) is 12.0. The van der Waals surface area contributed by atoms with Crippen molar-refractivity contribution in [1.29, 1.82) is 0 Å². The molecule has 0 radical (unpaired) electrons. The van der Waals surface area contributed by atoms with E-state index < -0.39 is 97.5 Å². The van der Waals surface area contributed by atoms with Crippen LogP contribution >= 0.6 is 15.6 Å². The molecule has 0 saturated heterocycles. The van der Waals surface area contributed by atoms with Crippen molar-refractivity contribution < 1.29 is 80.2 Å². The first-order chi connectivity index (χ1) is 47.1. The lowest BCUT2D eigenvalue weighted by Gasteiger charge is -2.21. The number of aliphatic hydroxyl groups is 1. The molecule has 6 atom stereocenters. The average molecular weight is 1440 g/mol. The standard InChI is InChI=1S/C79H154O17P2/c1-9-72(8)58-50-42-34-26-20-16-14-12-10-11-13-15-17-21-27-36-45-53-61-78(83)95-74(65-89-76(81)59-51-43-35-29-23-25-32-40-48-56-70(4)5)67-93-97(85,86)91-63-73(80)64-92-98(87,88)94-68-75(66-90-77(82)60-52-44-38-30-33-41-49-57-71(6)7)96-79(84)62-54-46-37-28-22-18-19-24-31-39-47-55-69(2)3/h69-75,80H,9-68H2,1-8H3,(H,85,86)(H,87,88)/t72?,73?,74-,75-/m1/s1. The van der Waals surface area contributed by atoms with Crippen molar-refractivity contribution in [3.8, 4) is 0 Å². The number of ether oxygens (including phenoxy) is 4. The molecule has 582 valence electrons. The van der Waals surface area contributed by atoms with Gasteiger partial charge in [-0.1, -0.05) is 351 Å². The Morgan fingerprint density at radius 3 is 0.724 bits per heavy atom. The summed E-state index contributed by atoms with van der Waals surface area (Å²) < 4.78 is 68.6. The second-order valence-electron chi connectivity index (χ2n) is 30.1. The molecule has 0 saturated carbocycles. The Bertz CT molecular complexity index is 1920. The molecule has 0 aliphatic rings. The van der Waals surface area contributed by atoms with Crippen molar-refractivity contribution in [2.75, 3.05) is 39.6 Å². The second kappa shape index (κ2) is 68.2. The number of carbonyl (C=O) groups is 4. The summed E-state index contributed by atoms with van der Waals surface area (Å²) in [5.41, 5.74) is 0. The third-order valence-electron chi connectivity index (χ3n) is 18.7. The summed E-state index contributed by atoms with van der Waals surface area (Å²) in [6, 6.07) is 0. The normalized spacial score (nSPS) is 14.3. The highest BCUT2D eigenvalue weighted by Gasteiger charge is 2.30. The van der Waals surface area contributed by atoms with E-state index in [9.17, 15) is 43.2 Å². The van der Waals surface area contributed by atoms with Crippen LogP contribution in [0.3, 0.4) is 0 Å². The van der Waals surface area contributed by atoms with Crippen molar-refractivity contribution in [3.63, 3.8) is 0 Å². The Morgan fingerprint density at radius 1 is 0.286 bits per heavy atom. The second-order valence-corrected chi connectivity index (χ2v) is 33.0. The maximum absolute atomic E-state index is 13.1. The van der Waals surface area contributed by atoms with Gasteiger partial charge in [-0.2, -0.15) is 0 Å². The van der Waals surface area contributed by atoms with Crippen LogP contribution in [0.15, 0.2) is 0 Å². The van der Waals surface area contributed by atoms with Gasteiger partial charge in [0.15, 0.2) is 12.2 Å². The number of unbranched alkanes of at least 4 members (excludes halogenated alkanes) is 41. The highest BCUT2D eigenvalue weighted by molar-refractivity contribution is 7.47. The van der Waals surface area contributed by atoms with Crippen LogP contribution in [0, 0.1) is 23.7 Å². The highest BCUT2D eigenvalue weighted by Crippen LogP contribution is 2.45. The van der Waals surface area contributed by atoms with Gasteiger partial charge in [0.25, 0.3) is 0 Å². The smallest absolute Gasteiger partial charge is 0.462 e. The Labute approximate surface area is 600 Å². The van der Waals surface area contributed by atoms with Gasteiger partial charge in [-0.25, -0.2) is 9.13 Å². The summed E-state index contributed by atoms with van der Waals surface area (Å²) in [7, 11) is -9.92. The van der Waals surface area contributed by atoms with Gasteiger partial charge in [-0.3, -0.25) is 37.3 Å². The Balaban J connectivity index is 5.20. The molecule has 0 aliphatic heterocycles. The quantitative estimate of drug-likeness (QED) is 0.0222. The predicted octanol–water partition coefficient (Wildman–Crippen LogP) is 23.2. The number of phosphoric ester groups is 2. The van der Waals surface area contributed by atoms with E-state index in [0.29, 0.717) is 31.6 Å². The zero-order chi connectivity index (χ0) is 72.4. The van der Waals surface area contributed by atoms with E-state index in [4.69, 9.17) is 37.0 Å². The van der Waals surface area contributed by atoms with E-state index in [-0.39, 0.29) is 25.7 Å². The molecule has 17 nitrogen and oxygen atoms in total. The van der Waals surface area contributed by atoms with Gasteiger partial charge in [-0.15, -0.1) is 0 Å². The summed E-state index contributed by atoms with van der Waals surface area (Å²) >= 11 is 0.